The summed E-state index contributed by atoms with van der Waals surface area (Å²) < 4.78 is 0. The van der Waals surface area contributed by atoms with Crippen LogP contribution >= 0.6 is 15.8 Å². The Morgan fingerprint density at radius 1 is 0.640 bits per heavy atom. The van der Waals surface area contributed by atoms with Crippen LogP contribution in [0.5, 0.6) is 0 Å². The average Bonchev–Trinajstić information content (AvgIpc) is 3.22. The van der Waals surface area contributed by atoms with E-state index < -0.39 is 0 Å². The Bertz CT molecular complexity index is 753. The molecule has 0 atom stereocenters. The van der Waals surface area contributed by atoms with E-state index in [1.165, 1.54) is 41.9 Å². The van der Waals surface area contributed by atoms with Crippen molar-refractivity contribution in [2.24, 2.45) is 0 Å². The standard InChI is InChI=1S/C23H24P2/c1-3-12-21(13-4-1)25(22-14-5-2-6-15-22)19-20-11-7-8-16-23(20)24-17-9-10-18-24/h1-8,11-16H,9-10,17-19H2. The molecule has 1 fully saturated rings. The lowest BCUT2D eigenvalue weighted by Gasteiger charge is -2.22. The minimum absolute atomic E-state index is 0.0809. The molecule has 3 aromatic rings. The van der Waals surface area contributed by atoms with Crippen LogP contribution in [0, 0.1) is 0 Å². The molecule has 4 rings (SSSR count). The van der Waals surface area contributed by atoms with E-state index in [0.717, 1.165) is 0 Å². The molecular weight excluding hydrogens is 338 g/mol. The van der Waals surface area contributed by atoms with Crippen molar-refractivity contribution in [1.82, 2.24) is 0 Å². The molecule has 0 aromatic heterocycles. The molecule has 0 aliphatic carbocycles. The largest absolute Gasteiger partial charge is 0.0750 e. The van der Waals surface area contributed by atoms with Gasteiger partial charge in [-0.2, -0.15) is 0 Å². The number of rotatable bonds is 5. The maximum absolute atomic E-state index is 2.41. The fraction of sp³-hybridized carbons (Fsp3) is 0.217. The summed E-state index contributed by atoms with van der Waals surface area (Å²) in [4.78, 5) is 0. The monoisotopic (exact) mass is 362 g/mol. The normalized spacial score (nSPS) is 14.9. The molecule has 1 saturated heterocycles. The fourth-order valence-electron chi connectivity index (χ4n) is 3.63. The summed E-state index contributed by atoms with van der Waals surface area (Å²) in [5, 5.41) is 4.64. The summed E-state index contributed by atoms with van der Waals surface area (Å²) in [5.74, 6) is 0. The Labute approximate surface area is 153 Å². The second-order valence-electron chi connectivity index (χ2n) is 6.58. The maximum Gasteiger partial charge on any atom is 0.00138 e. The van der Waals surface area contributed by atoms with Crippen molar-refractivity contribution in [3.05, 3.63) is 90.5 Å². The third-order valence-corrected chi connectivity index (χ3v) is 10.2. The van der Waals surface area contributed by atoms with Crippen molar-refractivity contribution in [3.8, 4) is 0 Å². The third-order valence-electron chi connectivity index (χ3n) is 4.90. The highest BCUT2D eigenvalue weighted by Gasteiger charge is 2.21. The predicted octanol–water partition coefficient (Wildman–Crippen LogP) is 5.22. The lowest BCUT2D eigenvalue weighted by Crippen LogP contribution is -2.16. The molecule has 1 aliphatic rings. The van der Waals surface area contributed by atoms with E-state index >= 15 is 0 Å². The number of hydrogen-bond acceptors (Lipinski definition) is 0. The van der Waals surface area contributed by atoms with Gasteiger partial charge in [0.15, 0.2) is 0 Å². The Hall–Kier alpha value is -1.48. The quantitative estimate of drug-likeness (QED) is 0.546. The molecule has 0 unspecified atom stereocenters. The smallest absolute Gasteiger partial charge is 0.00138 e. The van der Waals surface area contributed by atoms with Gasteiger partial charge in [-0.3, -0.25) is 0 Å². The molecule has 0 spiro atoms. The summed E-state index contributed by atoms with van der Waals surface area (Å²) in [7, 11) is -0.266. The van der Waals surface area contributed by atoms with Crippen LogP contribution in [0.2, 0.25) is 0 Å². The Morgan fingerprint density at radius 3 is 1.76 bits per heavy atom. The van der Waals surface area contributed by atoms with Gasteiger partial charge in [0.2, 0.25) is 0 Å². The highest BCUT2D eigenvalue weighted by molar-refractivity contribution is 7.72. The van der Waals surface area contributed by atoms with Crippen molar-refractivity contribution in [2.45, 2.75) is 19.0 Å². The van der Waals surface area contributed by atoms with Crippen LogP contribution in [0.1, 0.15) is 18.4 Å². The molecule has 1 heterocycles. The molecule has 3 aromatic carbocycles. The third kappa shape index (κ3) is 4.03. The van der Waals surface area contributed by atoms with Crippen molar-refractivity contribution in [1.29, 1.82) is 0 Å². The molecular formula is C23H24P2. The second kappa shape index (κ2) is 8.27. The Balaban J connectivity index is 1.70. The van der Waals surface area contributed by atoms with E-state index in [2.05, 4.69) is 84.9 Å². The fourth-order valence-corrected chi connectivity index (χ4v) is 8.87. The first-order chi connectivity index (χ1) is 12.4. The Kier molecular flexibility index (Phi) is 5.61. The van der Waals surface area contributed by atoms with Gasteiger partial charge in [0, 0.05) is 6.16 Å². The van der Waals surface area contributed by atoms with Crippen LogP contribution in [-0.2, 0) is 6.16 Å². The first-order valence-corrected chi connectivity index (χ1v) is 12.4. The summed E-state index contributed by atoms with van der Waals surface area (Å²) in [6.07, 6.45) is 6.87. The van der Waals surface area contributed by atoms with Crippen LogP contribution in [-0.4, -0.2) is 12.3 Å². The SMILES string of the molecule is c1ccc(P(Cc2ccccc2P2CCCC2)c2ccccc2)cc1. The Morgan fingerprint density at radius 2 is 1.16 bits per heavy atom. The average molecular weight is 362 g/mol. The first-order valence-electron chi connectivity index (χ1n) is 9.12. The highest BCUT2D eigenvalue weighted by atomic mass is 31.1. The summed E-state index contributed by atoms with van der Waals surface area (Å²) in [6.45, 7) is 0. The summed E-state index contributed by atoms with van der Waals surface area (Å²) >= 11 is 0. The first kappa shape index (κ1) is 17.0. The zero-order chi connectivity index (χ0) is 16.9. The van der Waals surface area contributed by atoms with Crippen LogP contribution in [0.4, 0.5) is 0 Å². The van der Waals surface area contributed by atoms with Crippen molar-refractivity contribution < 1.29 is 0 Å². The number of hydrogen-bond donors (Lipinski definition) is 0. The van der Waals surface area contributed by atoms with E-state index in [4.69, 9.17) is 0 Å². The van der Waals surface area contributed by atoms with Gasteiger partial charge in [0.05, 0.1) is 0 Å². The van der Waals surface area contributed by atoms with E-state index in [1.807, 2.05) is 0 Å². The van der Waals surface area contributed by atoms with Crippen LogP contribution < -0.4 is 15.9 Å². The molecule has 0 radical (unpaired) electrons. The van der Waals surface area contributed by atoms with E-state index in [0.29, 0.717) is 0 Å². The van der Waals surface area contributed by atoms with E-state index in [9.17, 15) is 0 Å². The summed E-state index contributed by atoms with van der Waals surface area (Å²) in [6, 6.07) is 31.5. The minimum Gasteiger partial charge on any atom is -0.0750 e. The number of benzene rings is 3. The molecule has 0 nitrogen and oxygen atoms in total. The van der Waals surface area contributed by atoms with Gasteiger partial charge < -0.3 is 0 Å². The molecule has 0 bridgehead atoms. The molecule has 25 heavy (non-hydrogen) atoms. The van der Waals surface area contributed by atoms with E-state index in [-0.39, 0.29) is 15.8 Å². The highest BCUT2D eigenvalue weighted by Crippen LogP contribution is 2.45. The van der Waals surface area contributed by atoms with Crippen molar-refractivity contribution >= 4 is 31.8 Å². The second-order valence-corrected chi connectivity index (χ2v) is 11.2. The zero-order valence-corrected chi connectivity index (χ0v) is 16.3. The molecule has 1 aliphatic heterocycles. The topological polar surface area (TPSA) is 0 Å². The van der Waals surface area contributed by atoms with Gasteiger partial charge in [0.25, 0.3) is 0 Å². The van der Waals surface area contributed by atoms with Gasteiger partial charge in [-0.15, -0.1) is 0 Å². The van der Waals surface area contributed by atoms with E-state index in [1.54, 1.807) is 10.9 Å². The molecule has 126 valence electrons. The van der Waals surface area contributed by atoms with Gasteiger partial charge in [-0.1, -0.05) is 92.9 Å². The van der Waals surface area contributed by atoms with Gasteiger partial charge in [0.1, 0.15) is 0 Å². The van der Waals surface area contributed by atoms with Gasteiger partial charge in [-0.25, -0.2) is 0 Å². The zero-order valence-electron chi connectivity index (χ0n) is 14.5. The van der Waals surface area contributed by atoms with Crippen molar-refractivity contribution in [2.75, 3.05) is 12.3 Å². The van der Waals surface area contributed by atoms with Crippen LogP contribution in [0.25, 0.3) is 0 Å². The minimum atomic E-state index is -0.347. The van der Waals surface area contributed by atoms with Crippen molar-refractivity contribution in [3.63, 3.8) is 0 Å². The van der Waals surface area contributed by atoms with Gasteiger partial charge >= 0.3 is 0 Å². The molecule has 0 amide bonds. The van der Waals surface area contributed by atoms with Crippen LogP contribution in [0.3, 0.4) is 0 Å². The van der Waals surface area contributed by atoms with Gasteiger partial charge in [-0.05, 0) is 54.6 Å². The lowest BCUT2D eigenvalue weighted by molar-refractivity contribution is 0.949. The molecule has 2 heteroatoms. The molecule has 0 N–H and O–H groups in total. The summed E-state index contributed by atoms with van der Waals surface area (Å²) in [5.41, 5.74) is 1.59. The predicted molar refractivity (Wildman–Crippen MR) is 115 cm³/mol. The lowest BCUT2D eigenvalue weighted by atomic mass is 10.2. The maximum atomic E-state index is 2.41. The van der Waals surface area contributed by atoms with Crippen LogP contribution in [0.15, 0.2) is 84.9 Å². The molecule has 0 saturated carbocycles.